The van der Waals surface area contributed by atoms with Gasteiger partial charge in [0.25, 0.3) is 0 Å². The van der Waals surface area contributed by atoms with E-state index in [0.29, 0.717) is 0 Å². The van der Waals surface area contributed by atoms with E-state index < -0.39 is 0 Å². The Balaban J connectivity index is 3.07. The Bertz CT molecular complexity index is 239. The molecule has 0 aromatic heterocycles. The van der Waals surface area contributed by atoms with Gasteiger partial charge in [-0.3, -0.25) is 5.84 Å². The number of benzene rings is 1. The van der Waals surface area contributed by atoms with Crippen LogP contribution in [-0.4, -0.2) is 0 Å². The summed E-state index contributed by atoms with van der Waals surface area (Å²) in [6.07, 6.45) is 0. The minimum Gasteiger partial charge on any atom is -0.323 e. The number of hydrazine groups is 1. The average molecular weight is 268 g/mol. The summed E-state index contributed by atoms with van der Waals surface area (Å²) in [7, 11) is 0. The van der Waals surface area contributed by atoms with Crippen molar-refractivity contribution in [2.24, 2.45) is 5.84 Å². The van der Waals surface area contributed by atoms with Crippen LogP contribution in [0.1, 0.15) is 0 Å². The van der Waals surface area contributed by atoms with Gasteiger partial charge in [-0.1, -0.05) is 11.6 Å². The predicted octanol–water partition coefficient (Wildman–Crippen LogP) is 2.23. The Kier molecular flexibility index (Phi) is 2.76. The molecule has 1 aromatic carbocycles. The zero-order chi connectivity index (χ0) is 7.56. The molecule has 10 heavy (non-hydrogen) atoms. The van der Waals surface area contributed by atoms with Crippen molar-refractivity contribution in [1.82, 2.24) is 0 Å². The van der Waals surface area contributed by atoms with Crippen LogP contribution in [0, 0.1) is 3.57 Å². The molecule has 0 aliphatic carbocycles. The van der Waals surface area contributed by atoms with Crippen LogP contribution in [0.5, 0.6) is 0 Å². The van der Waals surface area contributed by atoms with E-state index in [4.69, 9.17) is 17.4 Å². The van der Waals surface area contributed by atoms with E-state index in [1.165, 1.54) is 0 Å². The van der Waals surface area contributed by atoms with Gasteiger partial charge in [0.15, 0.2) is 0 Å². The maximum Gasteiger partial charge on any atom is 0.0619 e. The van der Waals surface area contributed by atoms with E-state index in [-0.39, 0.29) is 0 Å². The monoisotopic (exact) mass is 268 g/mol. The molecule has 4 heteroatoms. The van der Waals surface area contributed by atoms with Gasteiger partial charge in [-0.2, -0.15) is 0 Å². The molecule has 0 spiro atoms. The summed E-state index contributed by atoms with van der Waals surface area (Å²) in [6, 6.07) is 5.47. The van der Waals surface area contributed by atoms with Gasteiger partial charge in [0.1, 0.15) is 0 Å². The van der Waals surface area contributed by atoms with E-state index in [9.17, 15) is 0 Å². The molecule has 0 atom stereocenters. The third-order valence-corrected chi connectivity index (χ3v) is 2.21. The van der Waals surface area contributed by atoms with Crippen LogP contribution in [0.25, 0.3) is 0 Å². The number of hydrogen-bond donors (Lipinski definition) is 2. The van der Waals surface area contributed by atoms with Gasteiger partial charge in [0, 0.05) is 8.59 Å². The molecule has 0 radical (unpaired) electrons. The first-order valence-electron chi connectivity index (χ1n) is 2.65. The van der Waals surface area contributed by atoms with Crippen LogP contribution >= 0.6 is 34.2 Å². The first-order valence-corrected chi connectivity index (χ1v) is 4.11. The number of rotatable bonds is 1. The largest absolute Gasteiger partial charge is 0.323 e. The molecule has 1 rings (SSSR count). The molecular weight excluding hydrogens is 262 g/mol. The molecule has 0 unspecified atom stereocenters. The molecule has 0 amide bonds. The maximum atomic E-state index is 5.70. The fraction of sp³-hybridized carbons (Fsp3) is 0. The molecular formula is C6H6ClIN2. The van der Waals surface area contributed by atoms with Crippen LogP contribution in [0.4, 0.5) is 5.69 Å². The van der Waals surface area contributed by atoms with Gasteiger partial charge in [-0.25, -0.2) is 0 Å². The molecule has 2 nitrogen and oxygen atoms in total. The van der Waals surface area contributed by atoms with E-state index in [1.54, 1.807) is 6.07 Å². The summed E-state index contributed by atoms with van der Waals surface area (Å²) in [4.78, 5) is 0. The molecule has 0 fully saturated rings. The molecule has 1 aromatic rings. The molecule has 0 aliphatic rings. The van der Waals surface area contributed by atoms with Crippen molar-refractivity contribution in [3.05, 3.63) is 26.8 Å². The summed E-state index contributed by atoms with van der Waals surface area (Å²) in [5.41, 5.74) is 3.45. The summed E-state index contributed by atoms with van der Waals surface area (Å²) >= 11 is 7.86. The molecule has 0 heterocycles. The summed E-state index contributed by atoms with van der Waals surface area (Å²) in [5.74, 6) is 5.20. The second kappa shape index (κ2) is 3.41. The lowest BCUT2D eigenvalue weighted by Crippen LogP contribution is -2.07. The highest BCUT2D eigenvalue weighted by Gasteiger charge is 1.96. The van der Waals surface area contributed by atoms with E-state index in [0.717, 1.165) is 14.3 Å². The molecule has 3 N–H and O–H groups in total. The smallest absolute Gasteiger partial charge is 0.0619 e. The predicted molar refractivity (Wildman–Crippen MR) is 52.0 cm³/mol. The van der Waals surface area contributed by atoms with Crippen molar-refractivity contribution in [2.45, 2.75) is 0 Å². The summed E-state index contributed by atoms with van der Waals surface area (Å²) in [5, 5.41) is 0.725. The number of nitrogens with two attached hydrogens (primary N) is 1. The highest BCUT2D eigenvalue weighted by atomic mass is 127. The normalized spacial score (nSPS) is 9.50. The summed E-state index contributed by atoms with van der Waals surface area (Å²) in [6.45, 7) is 0. The minimum atomic E-state index is 0.725. The number of anilines is 1. The summed E-state index contributed by atoms with van der Waals surface area (Å²) < 4.78 is 1.02. The molecule has 0 bridgehead atoms. The second-order valence-electron chi connectivity index (χ2n) is 1.77. The molecule has 0 aliphatic heterocycles. The zero-order valence-electron chi connectivity index (χ0n) is 5.07. The van der Waals surface area contributed by atoms with Crippen LogP contribution in [0.3, 0.4) is 0 Å². The van der Waals surface area contributed by atoms with Gasteiger partial charge in [0.05, 0.1) is 5.69 Å². The van der Waals surface area contributed by atoms with Gasteiger partial charge < -0.3 is 5.43 Å². The Labute approximate surface area is 77.9 Å². The third kappa shape index (κ3) is 1.74. The van der Waals surface area contributed by atoms with Crippen molar-refractivity contribution in [3.63, 3.8) is 0 Å². The van der Waals surface area contributed by atoms with Gasteiger partial charge in [-0.05, 0) is 40.8 Å². The number of hydrogen-bond acceptors (Lipinski definition) is 2. The quantitative estimate of drug-likeness (QED) is 0.466. The maximum absolute atomic E-state index is 5.70. The second-order valence-corrected chi connectivity index (χ2v) is 3.37. The molecule has 0 saturated carbocycles. The van der Waals surface area contributed by atoms with Gasteiger partial charge in [0.2, 0.25) is 0 Å². The van der Waals surface area contributed by atoms with Crippen LogP contribution < -0.4 is 11.3 Å². The standard InChI is InChI=1S/C6H6ClIN2/c7-4-1-2-6(10-9)5(8)3-4/h1-3,10H,9H2. The van der Waals surface area contributed by atoms with Crippen molar-refractivity contribution < 1.29 is 0 Å². The van der Waals surface area contributed by atoms with Crippen molar-refractivity contribution in [1.29, 1.82) is 0 Å². The lowest BCUT2D eigenvalue weighted by atomic mass is 10.3. The highest BCUT2D eigenvalue weighted by Crippen LogP contribution is 2.20. The molecule has 54 valence electrons. The fourth-order valence-corrected chi connectivity index (χ4v) is 1.63. The van der Waals surface area contributed by atoms with Gasteiger partial charge in [-0.15, -0.1) is 0 Å². The SMILES string of the molecule is NNc1ccc(Cl)cc1I. The minimum absolute atomic E-state index is 0.725. The Morgan fingerprint density at radius 2 is 2.20 bits per heavy atom. The van der Waals surface area contributed by atoms with Crippen molar-refractivity contribution in [2.75, 3.05) is 5.43 Å². The van der Waals surface area contributed by atoms with Gasteiger partial charge >= 0.3 is 0 Å². The Morgan fingerprint density at radius 3 is 2.70 bits per heavy atom. The molecule has 0 saturated heterocycles. The number of nitrogens with one attached hydrogen (secondary N) is 1. The zero-order valence-corrected chi connectivity index (χ0v) is 7.98. The lowest BCUT2D eigenvalue weighted by Gasteiger charge is -2.01. The van der Waals surface area contributed by atoms with Crippen LogP contribution in [-0.2, 0) is 0 Å². The van der Waals surface area contributed by atoms with Crippen LogP contribution in [0.2, 0.25) is 5.02 Å². The first kappa shape index (κ1) is 8.10. The van der Waals surface area contributed by atoms with E-state index >= 15 is 0 Å². The number of halogens is 2. The van der Waals surface area contributed by atoms with E-state index in [1.807, 2.05) is 12.1 Å². The number of nitrogen functional groups attached to an aromatic ring is 1. The Morgan fingerprint density at radius 1 is 1.50 bits per heavy atom. The Hall–Kier alpha value is -0.000000000000000111. The highest BCUT2D eigenvalue weighted by molar-refractivity contribution is 14.1. The fourth-order valence-electron chi connectivity index (χ4n) is 0.607. The first-order chi connectivity index (χ1) is 4.74. The van der Waals surface area contributed by atoms with E-state index in [2.05, 4.69) is 28.0 Å². The topological polar surface area (TPSA) is 38.0 Å². The third-order valence-electron chi connectivity index (χ3n) is 1.09. The lowest BCUT2D eigenvalue weighted by molar-refractivity contribution is 1.34. The average Bonchev–Trinajstić information content (AvgIpc) is 1.88. The van der Waals surface area contributed by atoms with Crippen molar-refractivity contribution >= 4 is 39.9 Å². The van der Waals surface area contributed by atoms with Crippen LogP contribution in [0.15, 0.2) is 18.2 Å². The van der Waals surface area contributed by atoms with Crippen molar-refractivity contribution in [3.8, 4) is 0 Å².